The number of benzene rings is 1. The van der Waals surface area contributed by atoms with Crippen molar-refractivity contribution in [3.8, 4) is 5.88 Å². The Bertz CT molecular complexity index is 1420. The van der Waals surface area contributed by atoms with Crippen LogP contribution in [0.4, 0.5) is 0 Å². The Balaban J connectivity index is 1.61. The van der Waals surface area contributed by atoms with Gasteiger partial charge in [-0.25, -0.2) is 13.4 Å². The van der Waals surface area contributed by atoms with Crippen molar-refractivity contribution in [1.29, 1.82) is 0 Å². The van der Waals surface area contributed by atoms with Gasteiger partial charge >= 0.3 is 0 Å². The number of fused-ring (bicyclic) bond motifs is 1. The van der Waals surface area contributed by atoms with Gasteiger partial charge in [-0.05, 0) is 24.6 Å². The van der Waals surface area contributed by atoms with Crippen LogP contribution in [-0.4, -0.2) is 40.8 Å². The van der Waals surface area contributed by atoms with Crippen LogP contribution in [0.2, 0.25) is 0 Å². The molecule has 3 heterocycles. The summed E-state index contributed by atoms with van der Waals surface area (Å²) in [5.74, 6) is -0.0543. The molecular formula is C22H23N5O4S. The Morgan fingerprint density at radius 1 is 1.16 bits per heavy atom. The summed E-state index contributed by atoms with van der Waals surface area (Å²) in [6.45, 7) is 1.95. The highest BCUT2D eigenvalue weighted by atomic mass is 32.2. The van der Waals surface area contributed by atoms with Crippen molar-refractivity contribution in [2.45, 2.75) is 23.3 Å². The zero-order valence-electron chi connectivity index (χ0n) is 18.2. The third kappa shape index (κ3) is 3.62. The number of nitrogens with zero attached hydrogens (tertiary/aromatic N) is 4. The molecule has 1 aromatic carbocycles. The predicted octanol–water partition coefficient (Wildman–Crippen LogP) is 2.39. The number of aromatic nitrogens is 4. The summed E-state index contributed by atoms with van der Waals surface area (Å²) in [6, 6.07) is 10.1. The maximum absolute atomic E-state index is 13.1. The van der Waals surface area contributed by atoms with E-state index in [1.807, 2.05) is 25.2 Å². The molecule has 4 aromatic rings. The molecule has 0 unspecified atom stereocenters. The van der Waals surface area contributed by atoms with E-state index in [1.165, 1.54) is 31.5 Å². The van der Waals surface area contributed by atoms with Crippen LogP contribution in [0.25, 0.3) is 10.9 Å². The number of ether oxygens (including phenoxy) is 1. The highest BCUT2D eigenvalue weighted by Gasteiger charge is 2.26. The number of pyridine rings is 1. The van der Waals surface area contributed by atoms with E-state index in [9.17, 15) is 13.2 Å². The first-order chi connectivity index (χ1) is 15.2. The SMILES string of the molecule is COc1ccc(S(=O)(=O)c2cc(C(=O)NCc3cccc4cnn(C)c34)n(C)c2C)cn1. The van der Waals surface area contributed by atoms with E-state index in [1.54, 1.807) is 29.4 Å². The largest absolute Gasteiger partial charge is 0.481 e. The first kappa shape index (κ1) is 21.6. The van der Waals surface area contributed by atoms with Gasteiger partial charge in [0.15, 0.2) is 0 Å². The van der Waals surface area contributed by atoms with Gasteiger partial charge in [-0.2, -0.15) is 5.10 Å². The molecule has 0 spiro atoms. The van der Waals surface area contributed by atoms with E-state index in [2.05, 4.69) is 15.4 Å². The molecule has 0 aliphatic carbocycles. The third-order valence-electron chi connectivity index (χ3n) is 5.52. The minimum Gasteiger partial charge on any atom is -0.481 e. The summed E-state index contributed by atoms with van der Waals surface area (Å²) in [7, 11) is 1.11. The summed E-state index contributed by atoms with van der Waals surface area (Å²) in [5, 5.41) is 8.13. The van der Waals surface area contributed by atoms with E-state index >= 15 is 0 Å². The van der Waals surface area contributed by atoms with E-state index in [-0.39, 0.29) is 27.9 Å². The van der Waals surface area contributed by atoms with E-state index < -0.39 is 9.84 Å². The van der Waals surface area contributed by atoms with Crippen LogP contribution < -0.4 is 10.1 Å². The van der Waals surface area contributed by atoms with Crippen LogP contribution in [0.3, 0.4) is 0 Å². The van der Waals surface area contributed by atoms with Crippen molar-refractivity contribution in [2.75, 3.05) is 7.11 Å². The molecule has 3 aromatic heterocycles. The number of para-hydroxylation sites is 1. The van der Waals surface area contributed by atoms with Crippen molar-refractivity contribution in [1.82, 2.24) is 24.6 Å². The van der Waals surface area contributed by atoms with Crippen molar-refractivity contribution < 1.29 is 17.9 Å². The molecule has 0 fully saturated rings. The normalized spacial score (nSPS) is 11.6. The van der Waals surface area contributed by atoms with Crippen LogP contribution in [0.5, 0.6) is 5.88 Å². The van der Waals surface area contributed by atoms with Crippen LogP contribution in [-0.2, 0) is 30.5 Å². The quantitative estimate of drug-likeness (QED) is 0.480. The first-order valence-electron chi connectivity index (χ1n) is 9.83. The lowest BCUT2D eigenvalue weighted by Gasteiger charge is -2.09. The smallest absolute Gasteiger partial charge is 0.268 e. The average Bonchev–Trinajstić information content (AvgIpc) is 3.32. The van der Waals surface area contributed by atoms with Gasteiger partial charge in [0.2, 0.25) is 15.7 Å². The number of carbonyl (C=O) groups is 1. The number of hydrogen-bond acceptors (Lipinski definition) is 6. The van der Waals surface area contributed by atoms with Gasteiger partial charge in [-0.1, -0.05) is 18.2 Å². The second-order valence-corrected chi connectivity index (χ2v) is 9.30. The Kier molecular flexibility index (Phi) is 5.47. The second-order valence-electron chi connectivity index (χ2n) is 7.38. The number of aryl methyl sites for hydroxylation is 1. The molecule has 0 saturated carbocycles. The number of amides is 1. The van der Waals surface area contributed by atoms with Crippen molar-refractivity contribution in [3.05, 3.63) is 65.7 Å². The second kappa shape index (κ2) is 8.12. The fourth-order valence-corrected chi connectivity index (χ4v) is 5.15. The molecule has 0 aliphatic heterocycles. The lowest BCUT2D eigenvalue weighted by atomic mass is 10.1. The molecule has 0 saturated heterocycles. The van der Waals surface area contributed by atoms with Crippen LogP contribution >= 0.6 is 0 Å². The Labute approximate surface area is 185 Å². The molecule has 1 amide bonds. The maximum Gasteiger partial charge on any atom is 0.268 e. The topological polar surface area (TPSA) is 108 Å². The molecule has 9 nitrogen and oxygen atoms in total. The molecule has 10 heteroatoms. The number of sulfone groups is 1. The highest BCUT2D eigenvalue weighted by Crippen LogP contribution is 2.27. The molecule has 1 N–H and O–H groups in total. The number of carbonyl (C=O) groups excluding carboxylic acids is 1. The molecule has 32 heavy (non-hydrogen) atoms. The fourth-order valence-electron chi connectivity index (χ4n) is 3.66. The Morgan fingerprint density at radius 2 is 1.94 bits per heavy atom. The van der Waals surface area contributed by atoms with E-state index in [0.717, 1.165) is 16.5 Å². The number of methoxy groups -OCH3 is 1. The minimum absolute atomic E-state index is 0.0295. The molecule has 0 aliphatic rings. The van der Waals surface area contributed by atoms with E-state index in [0.29, 0.717) is 11.6 Å². The van der Waals surface area contributed by atoms with Crippen LogP contribution in [0, 0.1) is 6.92 Å². The molecule has 0 atom stereocenters. The molecule has 4 rings (SSSR count). The molecule has 0 radical (unpaired) electrons. The van der Waals surface area contributed by atoms with Gasteiger partial charge < -0.3 is 14.6 Å². The number of nitrogens with one attached hydrogen (secondary N) is 1. The molecular weight excluding hydrogens is 430 g/mol. The summed E-state index contributed by atoms with van der Waals surface area (Å²) < 4.78 is 34.6. The lowest BCUT2D eigenvalue weighted by molar-refractivity contribution is 0.0942. The molecule has 0 bridgehead atoms. The van der Waals surface area contributed by atoms with Crippen LogP contribution in [0.15, 0.2) is 58.6 Å². The highest BCUT2D eigenvalue weighted by molar-refractivity contribution is 7.91. The Hall–Kier alpha value is -3.66. The summed E-state index contributed by atoms with van der Waals surface area (Å²) in [5.41, 5.74) is 2.56. The fraction of sp³-hybridized carbons (Fsp3) is 0.227. The predicted molar refractivity (Wildman–Crippen MR) is 118 cm³/mol. The molecule has 166 valence electrons. The van der Waals surface area contributed by atoms with Gasteiger partial charge in [0, 0.05) is 44.0 Å². The van der Waals surface area contributed by atoms with Gasteiger partial charge in [0.25, 0.3) is 5.91 Å². The maximum atomic E-state index is 13.1. The van der Waals surface area contributed by atoms with Crippen LogP contribution in [0.1, 0.15) is 21.7 Å². The minimum atomic E-state index is -3.85. The third-order valence-corrected chi connectivity index (χ3v) is 7.38. The Morgan fingerprint density at radius 3 is 2.62 bits per heavy atom. The van der Waals surface area contributed by atoms with Gasteiger partial charge in [-0.15, -0.1) is 0 Å². The average molecular weight is 454 g/mol. The standard InChI is InChI=1S/C22H23N5O4S/c1-14-19(32(29,30)17-8-9-20(31-4)23-13-17)10-18(26(14)2)22(28)24-11-15-6-5-7-16-12-25-27(3)21(15)16/h5-10,12-13H,11H2,1-4H3,(H,24,28). The lowest BCUT2D eigenvalue weighted by Crippen LogP contribution is -2.25. The number of rotatable bonds is 6. The first-order valence-corrected chi connectivity index (χ1v) is 11.3. The van der Waals surface area contributed by atoms with Gasteiger partial charge in [0.1, 0.15) is 5.69 Å². The van der Waals surface area contributed by atoms with E-state index in [4.69, 9.17) is 4.74 Å². The zero-order valence-corrected chi connectivity index (χ0v) is 19.0. The van der Waals surface area contributed by atoms with Crippen molar-refractivity contribution in [2.24, 2.45) is 14.1 Å². The van der Waals surface area contributed by atoms with Crippen molar-refractivity contribution >= 4 is 26.6 Å². The van der Waals surface area contributed by atoms with Crippen molar-refractivity contribution in [3.63, 3.8) is 0 Å². The van der Waals surface area contributed by atoms with Gasteiger partial charge in [0.05, 0.1) is 28.6 Å². The zero-order chi connectivity index (χ0) is 23.0. The summed E-state index contributed by atoms with van der Waals surface area (Å²) >= 11 is 0. The monoisotopic (exact) mass is 453 g/mol. The summed E-state index contributed by atoms with van der Waals surface area (Å²) in [4.78, 5) is 17.0. The summed E-state index contributed by atoms with van der Waals surface area (Å²) in [6.07, 6.45) is 3.02. The van der Waals surface area contributed by atoms with Gasteiger partial charge in [-0.3, -0.25) is 9.48 Å². The number of hydrogen-bond donors (Lipinski definition) is 1.